The third kappa shape index (κ3) is 3.53. The monoisotopic (exact) mass is 379 g/mol. The van der Waals surface area contributed by atoms with Gasteiger partial charge in [-0.05, 0) is 51.5 Å². The predicted molar refractivity (Wildman–Crippen MR) is 104 cm³/mol. The largest absolute Gasteiger partial charge is 0.295 e. The van der Waals surface area contributed by atoms with Gasteiger partial charge in [0.25, 0.3) is 0 Å². The third-order valence-corrected chi connectivity index (χ3v) is 6.01. The Kier molecular flexibility index (Phi) is 4.91. The molecule has 2 aliphatic rings. The minimum Gasteiger partial charge on any atom is -0.295 e. The smallest absolute Gasteiger partial charge is 0.234 e. The fourth-order valence-electron chi connectivity index (χ4n) is 4.68. The minimum atomic E-state index is -0.365. The summed E-state index contributed by atoms with van der Waals surface area (Å²) >= 11 is 0. The molecule has 2 aromatic heterocycles. The first-order valence-electron chi connectivity index (χ1n) is 9.90. The molecule has 0 N–H and O–H groups in total. The van der Waals surface area contributed by atoms with Crippen LogP contribution in [0.1, 0.15) is 60.5 Å². The molecule has 3 heterocycles. The Morgan fingerprint density at radius 2 is 2.11 bits per heavy atom. The number of hydrogen-bond acceptors (Lipinski definition) is 6. The van der Waals surface area contributed by atoms with Crippen LogP contribution in [0.2, 0.25) is 0 Å². The molecule has 7 nitrogen and oxygen atoms in total. The minimum absolute atomic E-state index is 0.0411. The third-order valence-electron chi connectivity index (χ3n) is 6.01. The maximum Gasteiger partial charge on any atom is 0.234 e. The number of Topliss-reactive ketones (excluding diaryl/α,β-unsaturated/α-hetero) is 1. The molecule has 0 unspecified atom stereocenters. The van der Waals surface area contributed by atoms with Gasteiger partial charge < -0.3 is 0 Å². The van der Waals surface area contributed by atoms with Crippen molar-refractivity contribution >= 4 is 17.5 Å². The highest BCUT2D eigenvalue weighted by atomic mass is 16.2. The van der Waals surface area contributed by atoms with Crippen LogP contribution >= 0.6 is 0 Å². The zero-order chi connectivity index (χ0) is 19.7. The molecule has 1 aliphatic carbocycles. The van der Waals surface area contributed by atoms with Crippen LogP contribution in [0.15, 0.2) is 24.7 Å². The second-order valence-corrected chi connectivity index (χ2v) is 8.08. The summed E-state index contributed by atoms with van der Waals surface area (Å²) < 4.78 is 0. The quantitative estimate of drug-likeness (QED) is 0.759. The number of aromatic nitrogens is 4. The first kappa shape index (κ1) is 18.7. The molecule has 2 aromatic rings. The Labute approximate surface area is 164 Å². The molecule has 146 valence electrons. The highest BCUT2D eigenvalue weighted by molar-refractivity contribution is 5.99. The van der Waals surface area contributed by atoms with Crippen LogP contribution < -0.4 is 4.90 Å². The number of carbonyl (C=O) groups is 2. The van der Waals surface area contributed by atoms with Gasteiger partial charge in [0, 0.05) is 25.4 Å². The van der Waals surface area contributed by atoms with Crippen LogP contribution in [0.5, 0.6) is 0 Å². The molecule has 1 saturated carbocycles. The lowest BCUT2D eigenvalue weighted by Gasteiger charge is -2.36. The van der Waals surface area contributed by atoms with Crippen molar-refractivity contribution in [1.82, 2.24) is 19.9 Å². The Balaban J connectivity index is 1.47. The molecular weight excluding hydrogens is 354 g/mol. The Bertz CT molecular complexity index is 915. The molecule has 4 rings (SSSR count). The van der Waals surface area contributed by atoms with E-state index in [1.165, 1.54) is 0 Å². The van der Waals surface area contributed by atoms with Crippen LogP contribution in [-0.4, -0.2) is 38.2 Å². The average Bonchev–Trinajstić information content (AvgIpc) is 2.97. The van der Waals surface area contributed by atoms with E-state index in [0.29, 0.717) is 30.3 Å². The van der Waals surface area contributed by atoms with E-state index < -0.39 is 0 Å². The number of ketones is 1. The van der Waals surface area contributed by atoms with Crippen LogP contribution in [0.3, 0.4) is 0 Å². The summed E-state index contributed by atoms with van der Waals surface area (Å²) in [5.41, 5.74) is 0.913. The Morgan fingerprint density at radius 1 is 1.25 bits per heavy atom. The molecular formula is C21H25N5O2. The lowest BCUT2D eigenvalue weighted by atomic mass is 9.67. The summed E-state index contributed by atoms with van der Waals surface area (Å²) in [5, 5.41) is 0. The highest BCUT2D eigenvalue weighted by Crippen LogP contribution is 2.48. The summed E-state index contributed by atoms with van der Waals surface area (Å²) in [6.07, 6.45) is 9.83. The molecule has 2 fully saturated rings. The highest BCUT2D eigenvalue weighted by Gasteiger charge is 2.50. The molecule has 0 radical (unpaired) electrons. The van der Waals surface area contributed by atoms with Crippen molar-refractivity contribution in [3.05, 3.63) is 41.9 Å². The van der Waals surface area contributed by atoms with Crippen LogP contribution in [0, 0.1) is 25.2 Å². The van der Waals surface area contributed by atoms with Gasteiger partial charge in [0.15, 0.2) is 11.6 Å². The lowest BCUT2D eigenvalue weighted by molar-refractivity contribution is -0.128. The van der Waals surface area contributed by atoms with Gasteiger partial charge in [-0.2, -0.15) is 0 Å². The summed E-state index contributed by atoms with van der Waals surface area (Å²) in [6.45, 7) is 4.33. The van der Waals surface area contributed by atoms with Gasteiger partial charge in [0.05, 0.1) is 17.3 Å². The van der Waals surface area contributed by atoms with Gasteiger partial charge in [0.1, 0.15) is 11.5 Å². The fraction of sp³-hybridized carbons (Fsp3) is 0.524. The molecule has 1 spiro atoms. The van der Waals surface area contributed by atoms with Crippen molar-refractivity contribution in [2.24, 2.45) is 11.3 Å². The van der Waals surface area contributed by atoms with E-state index in [0.717, 1.165) is 37.8 Å². The first-order chi connectivity index (χ1) is 13.5. The Hall–Kier alpha value is -2.70. The summed E-state index contributed by atoms with van der Waals surface area (Å²) in [7, 11) is 0. The number of rotatable bonds is 4. The van der Waals surface area contributed by atoms with Crippen LogP contribution in [-0.2, 0) is 4.79 Å². The second-order valence-electron chi connectivity index (χ2n) is 8.08. The van der Waals surface area contributed by atoms with E-state index in [1.54, 1.807) is 36.5 Å². The lowest BCUT2D eigenvalue weighted by Crippen LogP contribution is -2.39. The van der Waals surface area contributed by atoms with Crippen molar-refractivity contribution < 1.29 is 9.59 Å². The molecule has 7 heteroatoms. The molecule has 1 aliphatic heterocycles. The van der Waals surface area contributed by atoms with Gasteiger partial charge in [0.2, 0.25) is 5.91 Å². The first-order valence-corrected chi connectivity index (χ1v) is 9.90. The summed E-state index contributed by atoms with van der Waals surface area (Å²) in [6, 6.07) is 1.67. The van der Waals surface area contributed by atoms with Crippen molar-refractivity contribution in [3.8, 4) is 0 Å². The number of hydrogen-bond donors (Lipinski definition) is 0. The fourth-order valence-corrected chi connectivity index (χ4v) is 4.68. The van der Waals surface area contributed by atoms with E-state index in [1.807, 2.05) is 6.92 Å². The predicted octanol–water partition coefficient (Wildman–Crippen LogP) is 3.07. The van der Waals surface area contributed by atoms with E-state index in [4.69, 9.17) is 0 Å². The molecule has 1 saturated heterocycles. The number of aryl methyl sites for hydroxylation is 2. The van der Waals surface area contributed by atoms with Crippen molar-refractivity contribution in [2.45, 2.75) is 52.4 Å². The maximum absolute atomic E-state index is 13.3. The van der Waals surface area contributed by atoms with Gasteiger partial charge >= 0.3 is 0 Å². The second kappa shape index (κ2) is 7.37. The van der Waals surface area contributed by atoms with E-state index >= 15 is 0 Å². The molecule has 28 heavy (non-hydrogen) atoms. The molecule has 0 bridgehead atoms. The zero-order valence-corrected chi connectivity index (χ0v) is 16.4. The van der Waals surface area contributed by atoms with Crippen molar-refractivity contribution in [1.29, 1.82) is 0 Å². The normalized spacial score (nSPS) is 24.7. The maximum atomic E-state index is 13.3. The SMILES string of the molecule is Cc1cncc(N2CC[C@]3(CCC[C@H](CC(=O)c4ccnc(C)n4)C3)C2=O)n1. The Morgan fingerprint density at radius 3 is 2.89 bits per heavy atom. The summed E-state index contributed by atoms with van der Waals surface area (Å²) in [4.78, 5) is 44.7. The average molecular weight is 379 g/mol. The number of carbonyl (C=O) groups excluding carboxylic acids is 2. The number of anilines is 1. The topological polar surface area (TPSA) is 88.9 Å². The van der Waals surface area contributed by atoms with Gasteiger partial charge in [-0.15, -0.1) is 0 Å². The molecule has 1 amide bonds. The standard InChI is InChI=1S/C21H25N5O2/c1-14-12-22-13-19(24-14)26-9-7-21(20(26)28)6-3-4-16(11-21)10-18(27)17-5-8-23-15(2)25-17/h5,8,12-13,16H,3-4,6-7,9-11H2,1-2H3/t16-,21+/m1/s1. The van der Waals surface area contributed by atoms with Gasteiger partial charge in [-0.25, -0.2) is 15.0 Å². The molecule has 0 aromatic carbocycles. The van der Waals surface area contributed by atoms with Gasteiger partial charge in [-0.1, -0.05) is 6.42 Å². The van der Waals surface area contributed by atoms with Crippen LogP contribution in [0.25, 0.3) is 0 Å². The zero-order valence-electron chi connectivity index (χ0n) is 16.4. The van der Waals surface area contributed by atoms with Crippen molar-refractivity contribution in [2.75, 3.05) is 11.4 Å². The van der Waals surface area contributed by atoms with E-state index in [-0.39, 0.29) is 23.0 Å². The van der Waals surface area contributed by atoms with Crippen molar-refractivity contribution in [3.63, 3.8) is 0 Å². The number of amides is 1. The summed E-state index contributed by atoms with van der Waals surface area (Å²) in [5.74, 6) is 1.63. The van der Waals surface area contributed by atoms with Crippen LogP contribution in [0.4, 0.5) is 5.82 Å². The van der Waals surface area contributed by atoms with Gasteiger partial charge in [-0.3, -0.25) is 19.5 Å². The number of nitrogens with zero attached hydrogens (tertiary/aromatic N) is 5. The van der Waals surface area contributed by atoms with E-state index in [9.17, 15) is 9.59 Å². The van der Waals surface area contributed by atoms with E-state index in [2.05, 4.69) is 19.9 Å². The molecule has 2 atom stereocenters.